The fourth-order valence-corrected chi connectivity index (χ4v) is 3.17. The maximum absolute atomic E-state index is 13.2. The van der Waals surface area contributed by atoms with E-state index in [4.69, 9.17) is 5.73 Å². The molecule has 3 atom stereocenters. The number of methoxy groups -OCH3 is 1. The van der Waals surface area contributed by atoms with Crippen molar-refractivity contribution in [1.29, 1.82) is 0 Å². The van der Waals surface area contributed by atoms with Crippen LogP contribution >= 0.6 is 0 Å². The van der Waals surface area contributed by atoms with Crippen molar-refractivity contribution in [3.63, 3.8) is 0 Å². The molecule has 27 heavy (non-hydrogen) atoms. The second-order valence-electron chi connectivity index (χ2n) is 7.43. The van der Waals surface area contributed by atoms with Crippen molar-refractivity contribution in [2.24, 2.45) is 17.6 Å². The molecule has 1 aliphatic heterocycles. The van der Waals surface area contributed by atoms with Crippen molar-refractivity contribution >= 4 is 23.8 Å². The average Bonchev–Trinajstić information content (AvgIpc) is 2.57. The zero-order valence-electron chi connectivity index (χ0n) is 16.4. The molecule has 1 heterocycles. The Morgan fingerprint density at radius 1 is 1.30 bits per heavy atom. The summed E-state index contributed by atoms with van der Waals surface area (Å²) in [5.74, 6) is -1.52. The zero-order valence-corrected chi connectivity index (χ0v) is 16.4. The molecule has 0 aromatic carbocycles. The Morgan fingerprint density at radius 2 is 1.89 bits per heavy atom. The lowest BCUT2D eigenvalue weighted by molar-refractivity contribution is -0.142. The lowest BCUT2D eigenvalue weighted by Crippen LogP contribution is -2.79. The standard InChI is InChI=1S/C17H30N4O6/c1-9(2)8-11(22)17(18)14(19-6-7-21(17)16(25)26)13(23)12(10(3)4)20-15(24)27-5/h9-10,12,14,19H,6-8,18H2,1-5H3,(H,20,24)(H,25,26). The van der Waals surface area contributed by atoms with Crippen LogP contribution in [-0.4, -0.2) is 71.7 Å². The van der Waals surface area contributed by atoms with Crippen molar-refractivity contribution in [2.75, 3.05) is 20.2 Å². The first-order valence-corrected chi connectivity index (χ1v) is 8.91. The number of carboxylic acid groups (broad SMARTS) is 1. The quantitative estimate of drug-likeness (QED) is 0.483. The van der Waals surface area contributed by atoms with Gasteiger partial charge in [-0.1, -0.05) is 27.7 Å². The number of Topliss-reactive ketones (excluding diaryl/α,β-unsaturated/α-hetero) is 2. The molecule has 0 saturated carbocycles. The van der Waals surface area contributed by atoms with Gasteiger partial charge in [-0.15, -0.1) is 0 Å². The Morgan fingerprint density at radius 3 is 2.33 bits per heavy atom. The molecular weight excluding hydrogens is 356 g/mol. The first kappa shape index (κ1) is 22.8. The number of piperazine rings is 1. The molecule has 1 aliphatic rings. The van der Waals surface area contributed by atoms with Gasteiger partial charge in [-0.3, -0.25) is 14.5 Å². The molecule has 3 unspecified atom stereocenters. The van der Waals surface area contributed by atoms with Crippen molar-refractivity contribution in [3.05, 3.63) is 0 Å². The lowest BCUT2D eigenvalue weighted by atomic mass is 9.81. The van der Waals surface area contributed by atoms with E-state index in [0.29, 0.717) is 0 Å². The summed E-state index contributed by atoms with van der Waals surface area (Å²) in [6.07, 6.45) is -2.16. The smallest absolute Gasteiger partial charge is 0.409 e. The first-order valence-electron chi connectivity index (χ1n) is 8.91. The van der Waals surface area contributed by atoms with Crippen molar-refractivity contribution in [3.8, 4) is 0 Å². The minimum absolute atomic E-state index is 0.0164. The number of rotatable bonds is 7. The van der Waals surface area contributed by atoms with Gasteiger partial charge in [0.1, 0.15) is 6.04 Å². The Kier molecular flexibility index (Phi) is 7.73. The summed E-state index contributed by atoms with van der Waals surface area (Å²) in [5.41, 5.74) is 4.25. The first-order chi connectivity index (χ1) is 12.5. The van der Waals surface area contributed by atoms with Gasteiger partial charge >= 0.3 is 12.2 Å². The van der Waals surface area contributed by atoms with Gasteiger partial charge in [0.05, 0.1) is 13.2 Å². The van der Waals surface area contributed by atoms with Crippen molar-refractivity contribution < 1.29 is 29.0 Å². The average molecular weight is 386 g/mol. The van der Waals surface area contributed by atoms with E-state index in [1.165, 1.54) is 7.11 Å². The Hall–Kier alpha value is -2.20. The highest BCUT2D eigenvalue weighted by molar-refractivity contribution is 6.02. The number of nitrogens with one attached hydrogen (secondary N) is 2. The van der Waals surface area contributed by atoms with Crippen molar-refractivity contribution in [2.45, 2.75) is 51.9 Å². The van der Waals surface area contributed by atoms with Crippen LogP contribution in [0.1, 0.15) is 34.1 Å². The van der Waals surface area contributed by atoms with Crippen LogP contribution in [0.15, 0.2) is 0 Å². The van der Waals surface area contributed by atoms with Crippen LogP contribution in [0.4, 0.5) is 9.59 Å². The summed E-state index contributed by atoms with van der Waals surface area (Å²) < 4.78 is 4.55. The summed E-state index contributed by atoms with van der Waals surface area (Å²) in [5, 5.41) is 14.9. The molecule has 10 nitrogen and oxygen atoms in total. The maximum Gasteiger partial charge on any atom is 0.409 e. The summed E-state index contributed by atoms with van der Waals surface area (Å²) in [6, 6.07) is -2.29. The van der Waals surface area contributed by atoms with Gasteiger partial charge in [-0.25, -0.2) is 9.59 Å². The number of ether oxygens (including phenoxy) is 1. The number of carbonyl (C=O) groups is 4. The van der Waals surface area contributed by atoms with E-state index in [9.17, 15) is 24.3 Å². The van der Waals surface area contributed by atoms with Gasteiger partial charge in [-0.2, -0.15) is 0 Å². The normalized spacial score (nSPS) is 23.9. The number of nitrogens with two attached hydrogens (primary N) is 1. The van der Waals surface area contributed by atoms with Crippen LogP contribution < -0.4 is 16.4 Å². The third-order valence-corrected chi connectivity index (χ3v) is 4.56. The summed E-state index contributed by atoms with van der Waals surface area (Å²) >= 11 is 0. The van der Waals surface area contributed by atoms with Crippen LogP contribution in [0, 0.1) is 11.8 Å². The number of carbonyl (C=O) groups excluding carboxylic acids is 3. The van der Waals surface area contributed by atoms with E-state index in [-0.39, 0.29) is 31.3 Å². The Balaban J connectivity index is 3.33. The minimum atomic E-state index is -2.06. The van der Waals surface area contributed by atoms with Gasteiger partial charge < -0.3 is 26.2 Å². The van der Waals surface area contributed by atoms with Gasteiger partial charge in [0, 0.05) is 19.5 Å². The molecule has 5 N–H and O–H groups in total. The fourth-order valence-electron chi connectivity index (χ4n) is 3.17. The highest BCUT2D eigenvalue weighted by Crippen LogP contribution is 2.25. The largest absolute Gasteiger partial charge is 0.465 e. The topological polar surface area (TPSA) is 151 Å². The predicted octanol–water partition coefficient (Wildman–Crippen LogP) is 0.158. The van der Waals surface area contributed by atoms with Crippen LogP contribution in [0.3, 0.4) is 0 Å². The summed E-state index contributed by atoms with van der Waals surface area (Å²) in [6.45, 7) is 7.15. The monoisotopic (exact) mass is 386 g/mol. The Labute approximate surface area is 158 Å². The molecule has 0 aromatic rings. The molecule has 10 heteroatoms. The number of amides is 2. The highest BCUT2D eigenvalue weighted by atomic mass is 16.5. The van der Waals surface area contributed by atoms with E-state index < -0.39 is 41.5 Å². The van der Waals surface area contributed by atoms with Crippen LogP contribution in [0.25, 0.3) is 0 Å². The van der Waals surface area contributed by atoms with E-state index in [2.05, 4.69) is 15.4 Å². The molecule has 0 aliphatic carbocycles. The number of nitrogens with zero attached hydrogens (tertiary/aromatic N) is 1. The lowest BCUT2D eigenvalue weighted by Gasteiger charge is -2.47. The third kappa shape index (κ3) is 4.95. The fraction of sp³-hybridized carbons (Fsp3) is 0.765. The number of hydrogen-bond donors (Lipinski definition) is 4. The minimum Gasteiger partial charge on any atom is -0.465 e. The number of ketones is 2. The summed E-state index contributed by atoms with van der Waals surface area (Å²) in [4.78, 5) is 50.2. The molecular formula is C17H30N4O6. The van der Waals surface area contributed by atoms with Crippen molar-refractivity contribution in [1.82, 2.24) is 15.5 Å². The van der Waals surface area contributed by atoms with Crippen LogP contribution in [0.5, 0.6) is 0 Å². The second kappa shape index (κ2) is 9.14. The van der Waals surface area contributed by atoms with Crippen LogP contribution in [0.2, 0.25) is 0 Å². The molecule has 1 fully saturated rings. The Bertz CT molecular complexity index is 594. The van der Waals surface area contributed by atoms with Crippen LogP contribution in [-0.2, 0) is 14.3 Å². The van der Waals surface area contributed by atoms with Gasteiger partial charge in [-0.05, 0) is 11.8 Å². The molecule has 0 aromatic heterocycles. The van der Waals surface area contributed by atoms with E-state index in [1.54, 1.807) is 27.7 Å². The highest BCUT2D eigenvalue weighted by Gasteiger charge is 2.55. The van der Waals surface area contributed by atoms with Gasteiger partial charge in [0.25, 0.3) is 0 Å². The predicted molar refractivity (Wildman–Crippen MR) is 97.1 cm³/mol. The van der Waals surface area contributed by atoms with E-state index in [1.807, 2.05) is 0 Å². The number of hydrogen-bond acceptors (Lipinski definition) is 7. The molecule has 0 bridgehead atoms. The molecule has 0 spiro atoms. The second-order valence-corrected chi connectivity index (χ2v) is 7.43. The molecule has 1 rings (SSSR count). The maximum atomic E-state index is 13.2. The molecule has 154 valence electrons. The molecule has 2 amide bonds. The van der Waals surface area contributed by atoms with Gasteiger partial charge in [0.2, 0.25) is 0 Å². The summed E-state index contributed by atoms with van der Waals surface area (Å²) in [7, 11) is 1.17. The van der Waals surface area contributed by atoms with E-state index in [0.717, 1.165) is 4.90 Å². The molecule has 1 saturated heterocycles. The van der Waals surface area contributed by atoms with E-state index >= 15 is 0 Å². The zero-order chi connectivity index (χ0) is 20.9. The third-order valence-electron chi connectivity index (χ3n) is 4.56. The SMILES string of the molecule is COC(=O)NC(C(=O)C1NCCN(C(=O)O)C1(N)C(=O)CC(C)C)C(C)C. The number of alkyl carbamates (subject to hydrolysis) is 1. The molecule has 0 radical (unpaired) electrons. The van der Waals surface area contributed by atoms with Gasteiger partial charge in [0.15, 0.2) is 17.2 Å².